The predicted octanol–water partition coefficient (Wildman–Crippen LogP) is 3.84. The fourth-order valence-electron chi connectivity index (χ4n) is 3.69. The zero-order chi connectivity index (χ0) is 24.6. The van der Waals surface area contributed by atoms with Gasteiger partial charge in [0.1, 0.15) is 11.4 Å². The van der Waals surface area contributed by atoms with Crippen LogP contribution in [0.2, 0.25) is 0 Å². The molecule has 0 unspecified atom stereocenters. The van der Waals surface area contributed by atoms with E-state index in [1.807, 2.05) is 38.1 Å². The smallest absolute Gasteiger partial charge is 0.270 e. The van der Waals surface area contributed by atoms with Crippen LogP contribution in [0, 0.1) is 25.2 Å². The summed E-state index contributed by atoms with van der Waals surface area (Å²) < 4.78 is 1.63. The van der Waals surface area contributed by atoms with Crippen LogP contribution in [0.5, 0.6) is 0 Å². The fourth-order valence-corrected chi connectivity index (χ4v) is 3.69. The lowest BCUT2D eigenvalue weighted by molar-refractivity contribution is 0.0407. The van der Waals surface area contributed by atoms with E-state index < -0.39 is 11.6 Å². The molecule has 8 nitrogen and oxygen atoms in total. The minimum absolute atomic E-state index is 0.213. The summed E-state index contributed by atoms with van der Waals surface area (Å²) in [6, 6.07) is 14.4. The first-order valence-corrected chi connectivity index (χ1v) is 11.0. The number of fused-ring (bicyclic) bond motifs is 1. The summed E-state index contributed by atoms with van der Waals surface area (Å²) in [4.78, 5) is 22.0. The number of aryl methyl sites for hydroxylation is 2. The van der Waals surface area contributed by atoms with Gasteiger partial charge in [0.25, 0.3) is 5.91 Å². The SMILES string of the molecule is Cc1cc(-c2c(-c3cccc(C#N)c3)nn3ccc(C(=O)N[C@@H](C)C(C)(C)O)nc23)cc(C)n1. The lowest BCUT2D eigenvalue weighted by Gasteiger charge is -2.26. The number of carbonyl (C=O) groups is 1. The molecule has 3 heterocycles. The quantitative estimate of drug-likeness (QED) is 0.473. The van der Waals surface area contributed by atoms with Crippen molar-refractivity contribution >= 4 is 11.6 Å². The molecular formula is C26H26N6O2. The van der Waals surface area contributed by atoms with Gasteiger partial charge in [0.05, 0.1) is 28.8 Å². The van der Waals surface area contributed by atoms with Gasteiger partial charge >= 0.3 is 0 Å². The Morgan fingerprint density at radius 3 is 2.47 bits per heavy atom. The van der Waals surface area contributed by atoms with Crippen molar-refractivity contribution in [1.82, 2.24) is 24.9 Å². The van der Waals surface area contributed by atoms with Gasteiger partial charge in [0, 0.05) is 23.1 Å². The summed E-state index contributed by atoms with van der Waals surface area (Å²) >= 11 is 0. The van der Waals surface area contributed by atoms with E-state index in [4.69, 9.17) is 5.10 Å². The van der Waals surface area contributed by atoms with Gasteiger partial charge in [-0.05, 0) is 70.5 Å². The van der Waals surface area contributed by atoms with Crippen LogP contribution >= 0.6 is 0 Å². The fraction of sp³-hybridized carbons (Fsp3) is 0.269. The molecule has 2 N–H and O–H groups in total. The van der Waals surface area contributed by atoms with E-state index in [0.29, 0.717) is 16.9 Å². The van der Waals surface area contributed by atoms with Crippen molar-refractivity contribution in [2.24, 2.45) is 0 Å². The Bertz CT molecular complexity index is 1420. The number of nitrogens with zero attached hydrogens (tertiary/aromatic N) is 5. The van der Waals surface area contributed by atoms with Gasteiger partial charge in [-0.15, -0.1) is 0 Å². The molecule has 1 atom stereocenters. The molecule has 0 bridgehead atoms. The first-order chi connectivity index (χ1) is 16.1. The predicted molar refractivity (Wildman–Crippen MR) is 129 cm³/mol. The maximum atomic E-state index is 12.9. The molecule has 0 aliphatic carbocycles. The number of rotatable bonds is 5. The second-order valence-corrected chi connectivity index (χ2v) is 8.98. The molecule has 0 radical (unpaired) electrons. The summed E-state index contributed by atoms with van der Waals surface area (Å²) in [5, 5.41) is 27.1. The number of pyridine rings is 1. The Hall–Kier alpha value is -4.09. The number of amides is 1. The third-order valence-corrected chi connectivity index (χ3v) is 5.76. The zero-order valence-corrected chi connectivity index (χ0v) is 19.8. The average molecular weight is 455 g/mol. The van der Waals surface area contributed by atoms with Crippen molar-refractivity contribution < 1.29 is 9.90 Å². The number of nitriles is 1. The van der Waals surface area contributed by atoms with Crippen LogP contribution in [0.4, 0.5) is 0 Å². The zero-order valence-electron chi connectivity index (χ0n) is 19.8. The van der Waals surface area contributed by atoms with Gasteiger partial charge in [-0.2, -0.15) is 10.4 Å². The topological polar surface area (TPSA) is 116 Å². The highest BCUT2D eigenvalue weighted by Gasteiger charge is 2.26. The Kier molecular flexibility index (Phi) is 5.90. The minimum atomic E-state index is -1.08. The highest BCUT2D eigenvalue weighted by atomic mass is 16.3. The molecule has 0 aliphatic rings. The number of aliphatic hydroxyl groups is 1. The van der Waals surface area contributed by atoms with Crippen molar-refractivity contribution in [2.45, 2.75) is 46.3 Å². The largest absolute Gasteiger partial charge is 0.388 e. The highest BCUT2D eigenvalue weighted by Crippen LogP contribution is 2.35. The van der Waals surface area contributed by atoms with E-state index in [-0.39, 0.29) is 11.6 Å². The molecule has 0 spiro atoms. The van der Waals surface area contributed by atoms with Gasteiger partial charge in [-0.25, -0.2) is 9.50 Å². The second-order valence-electron chi connectivity index (χ2n) is 8.98. The Balaban J connectivity index is 1.92. The van der Waals surface area contributed by atoms with E-state index >= 15 is 0 Å². The molecule has 8 heteroatoms. The van der Waals surface area contributed by atoms with Gasteiger partial charge in [-0.1, -0.05) is 12.1 Å². The molecule has 1 amide bonds. The van der Waals surface area contributed by atoms with Crippen LogP contribution in [-0.4, -0.2) is 42.2 Å². The van der Waals surface area contributed by atoms with E-state index in [2.05, 4.69) is 21.4 Å². The normalized spacial score (nSPS) is 12.4. The molecule has 4 rings (SSSR count). The number of hydrogen-bond acceptors (Lipinski definition) is 6. The molecule has 0 saturated heterocycles. The van der Waals surface area contributed by atoms with E-state index in [0.717, 1.165) is 28.1 Å². The molecule has 172 valence electrons. The standard InChI is InChI=1S/C26H26N6O2/c1-15-11-20(12-16(2)28-15)22-23(19-8-6-7-18(13-19)14-27)31-32-10-9-21(30-24(22)32)25(33)29-17(3)26(4,5)34/h6-13,17,34H,1-5H3,(H,29,33)/t17-/m0/s1. The van der Waals surface area contributed by atoms with Crippen LogP contribution in [0.3, 0.4) is 0 Å². The number of aromatic nitrogens is 4. The van der Waals surface area contributed by atoms with Crippen molar-refractivity contribution in [3.05, 3.63) is 71.3 Å². The summed E-state index contributed by atoms with van der Waals surface area (Å²) in [5.41, 5.74) is 4.89. The molecule has 0 saturated carbocycles. The summed E-state index contributed by atoms with van der Waals surface area (Å²) in [5.74, 6) is -0.389. The first kappa shape index (κ1) is 23.1. The van der Waals surface area contributed by atoms with Crippen LogP contribution in [0.25, 0.3) is 28.0 Å². The van der Waals surface area contributed by atoms with Crippen molar-refractivity contribution in [3.63, 3.8) is 0 Å². The van der Waals surface area contributed by atoms with Crippen molar-refractivity contribution in [1.29, 1.82) is 5.26 Å². The monoisotopic (exact) mass is 454 g/mol. The summed E-state index contributed by atoms with van der Waals surface area (Å²) in [6.45, 7) is 8.85. The van der Waals surface area contributed by atoms with Gasteiger partial charge < -0.3 is 10.4 Å². The molecule has 4 aromatic rings. The third-order valence-electron chi connectivity index (χ3n) is 5.76. The molecule has 1 aromatic carbocycles. The van der Waals surface area contributed by atoms with Gasteiger partial charge in [0.2, 0.25) is 0 Å². The van der Waals surface area contributed by atoms with E-state index in [9.17, 15) is 15.2 Å². The lowest BCUT2D eigenvalue weighted by atomic mass is 9.99. The third kappa shape index (κ3) is 4.51. The highest BCUT2D eigenvalue weighted by molar-refractivity contribution is 5.95. The molecular weight excluding hydrogens is 428 g/mol. The van der Waals surface area contributed by atoms with Crippen molar-refractivity contribution in [3.8, 4) is 28.5 Å². The molecule has 0 aliphatic heterocycles. The number of nitrogens with one attached hydrogen (secondary N) is 1. The Morgan fingerprint density at radius 1 is 1.12 bits per heavy atom. The van der Waals surface area contributed by atoms with E-state index in [1.165, 1.54) is 0 Å². The van der Waals surface area contributed by atoms with Crippen LogP contribution in [0.1, 0.15) is 48.2 Å². The van der Waals surface area contributed by atoms with Crippen LogP contribution in [0.15, 0.2) is 48.7 Å². The Morgan fingerprint density at radius 2 is 1.82 bits per heavy atom. The average Bonchev–Trinajstić information content (AvgIpc) is 3.16. The minimum Gasteiger partial charge on any atom is -0.388 e. The molecule has 0 fully saturated rings. The van der Waals surface area contributed by atoms with Gasteiger partial charge in [0.15, 0.2) is 5.65 Å². The number of benzene rings is 1. The maximum Gasteiger partial charge on any atom is 0.270 e. The number of carbonyl (C=O) groups excluding carboxylic acids is 1. The van der Waals surface area contributed by atoms with Gasteiger partial charge in [-0.3, -0.25) is 9.78 Å². The Labute approximate surface area is 197 Å². The van der Waals surface area contributed by atoms with E-state index in [1.54, 1.807) is 49.7 Å². The first-order valence-electron chi connectivity index (χ1n) is 11.0. The van der Waals surface area contributed by atoms with Crippen molar-refractivity contribution in [2.75, 3.05) is 0 Å². The van der Waals surface area contributed by atoms with Crippen LogP contribution in [-0.2, 0) is 0 Å². The second kappa shape index (κ2) is 8.69. The molecule has 3 aromatic heterocycles. The number of hydrogen-bond donors (Lipinski definition) is 2. The summed E-state index contributed by atoms with van der Waals surface area (Å²) in [7, 11) is 0. The maximum absolute atomic E-state index is 12.9. The molecule has 34 heavy (non-hydrogen) atoms. The summed E-state index contributed by atoms with van der Waals surface area (Å²) in [6.07, 6.45) is 1.69. The lowest BCUT2D eigenvalue weighted by Crippen LogP contribution is -2.47. The van der Waals surface area contributed by atoms with Crippen LogP contribution < -0.4 is 5.32 Å².